The van der Waals surface area contributed by atoms with Crippen LogP contribution in [0.2, 0.25) is 0 Å². The lowest BCUT2D eigenvalue weighted by atomic mass is 10.0. The van der Waals surface area contributed by atoms with Crippen molar-refractivity contribution in [2.45, 2.75) is 25.3 Å². The normalized spacial score (nSPS) is 20.3. The van der Waals surface area contributed by atoms with Gasteiger partial charge in [-0.25, -0.2) is 8.78 Å². The Kier molecular flexibility index (Phi) is 2.99. The van der Waals surface area contributed by atoms with Crippen LogP contribution >= 0.6 is 0 Å². The third-order valence-corrected chi connectivity index (χ3v) is 2.52. The summed E-state index contributed by atoms with van der Waals surface area (Å²) in [5.41, 5.74) is 0.242. The first-order chi connectivity index (χ1) is 7.25. The van der Waals surface area contributed by atoms with Gasteiger partial charge in [0, 0.05) is 6.04 Å². The molecule has 80 valence electrons. The van der Waals surface area contributed by atoms with Gasteiger partial charge in [-0.2, -0.15) is 0 Å². The van der Waals surface area contributed by atoms with Crippen molar-refractivity contribution in [1.29, 1.82) is 0 Å². The molecule has 0 radical (unpaired) electrons. The molecule has 0 aliphatic heterocycles. The second kappa shape index (κ2) is 4.43. The summed E-state index contributed by atoms with van der Waals surface area (Å²) < 4.78 is 26.1. The summed E-state index contributed by atoms with van der Waals surface area (Å²) in [5.74, 6) is -0.825. The van der Waals surface area contributed by atoms with Crippen LogP contribution < -0.4 is 5.32 Å². The fourth-order valence-electron chi connectivity index (χ4n) is 1.74. The molecule has 0 aromatic heterocycles. The van der Waals surface area contributed by atoms with Crippen LogP contribution in [-0.4, -0.2) is 6.04 Å². The molecule has 1 aromatic rings. The van der Waals surface area contributed by atoms with Crippen LogP contribution in [0.25, 0.3) is 0 Å². The number of hydrogen-bond acceptors (Lipinski definition) is 1. The summed E-state index contributed by atoms with van der Waals surface area (Å²) >= 11 is 0. The molecule has 1 nitrogen and oxygen atoms in total. The SMILES string of the molecule is Fc1ccc(F)c(NC2C=CCCC2)c1. The molecule has 0 heterocycles. The molecule has 0 spiro atoms. The van der Waals surface area contributed by atoms with Crippen molar-refractivity contribution in [3.63, 3.8) is 0 Å². The summed E-state index contributed by atoms with van der Waals surface area (Å²) in [5, 5.41) is 2.99. The zero-order valence-electron chi connectivity index (χ0n) is 8.34. The summed E-state index contributed by atoms with van der Waals surface area (Å²) in [6.45, 7) is 0. The second-order valence-corrected chi connectivity index (χ2v) is 3.73. The molecule has 2 rings (SSSR count). The summed E-state index contributed by atoms with van der Waals surface area (Å²) in [6.07, 6.45) is 7.20. The number of allylic oxidation sites excluding steroid dienone is 1. The second-order valence-electron chi connectivity index (χ2n) is 3.73. The Hall–Kier alpha value is -1.38. The molecule has 1 N–H and O–H groups in total. The van der Waals surface area contributed by atoms with Crippen LogP contribution in [0.3, 0.4) is 0 Å². The molecule has 1 atom stereocenters. The van der Waals surface area contributed by atoms with E-state index in [4.69, 9.17) is 0 Å². The Labute approximate surface area is 87.8 Å². The molecule has 15 heavy (non-hydrogen) atoms. The molecule has 0 saturated carbocycles. The standard InChI is InChI=1S/C12H13F2N/c13-9-6-7-11(14)12(8-9)15-10-4-2-1-3-5-10/h2,4,6-8,10,15H,1,3,5H2. The van der Waals surface area contributed by atoms with E-state index in [2.05, 4.69) is 11.4 Å². The lowest BCUT2D eigenvalue weighted by molar-refractivity contribution is 0.597. The maximum atomic E-state index is 13.3. The van der Waals surface area contributed by atoms with E-state index in [0.29, 0.717) is 0 Å². The van der Waals surface area contributed by atoms with Crippen LogP contribution in [0.5, 0.6) is 0 Å². The first-order valence-electron chi connectivity index (χ1n) is 5.14. The minimum Gasteiger partial charge on any atom is -0.376 e. The third kappa shape index (κ3) is 2.55. The van der Waals surface area contributed by atoms with Gasteiger partial charge in [-0.3, -0.25) is 0 Å². The number of anilines is 1. The molecular weight excluding hydrogens is 196 g/mol. The van der Waals surface area contributed by atoms with Gasteiger partial charge >= 0.3 is 0 Å². The van der Waals surface area contributed by atoms with E-state index in [1.807, 2.05) is 6.08 Å². The number of halogens is 2. The summed E-state index contributed by atoms with van der Waals surface area (Å²) in [4.78, 5) is 0. The number of rotatable bonds is 2. The van der Waals surface area contributed by atoms with Gasteiger partial charge in [0.1, 0.15) is 11.6 Å². The molecule has 1 unspecified atom stereocenters. The van der Waals surface area contributed by atoms with Crippen molar-refractivity contribution < 1.29 is 8.78 Å². The van der Waals surface area contributed by atoms with E-state index in [1.54, 1.807) is 0 Å². The predicted molar refractivity (Wildman–Crippen MR) is 56.8 cm³/mol. The first-order valence-corrected chi connectivity index (χ1v) is 5.14. The smallest absolute Gasteiger partial charge is 0.146 e. The van der Waals surface area contributed by atoms with Crippen LogP contribution in [0.4, 0.5) is 14.5 Å². The molecule has 3 heteroatoms. The highest BCUT2D eigenvalue weighted by Crippen LogP contribution is 2.20. The van der Waals surface area contributed by atoms with E-state index in [1.165, 1.54) is 6.07 Å². The fraction of sp³-hybridized carbons (Fsp3) is 0.333. The predicted octanol–water partition coefficient (Wildman–Crippen LogP) is 3.49. The quantitative estimate of drug-likeness (QED) is 0.735. The number of hydrogen-bond donors (Lipinski definition) is 1. The average molecular weight is 209 g/mol. The minimum atomic E-state index is -0.418. The van der Waals surface area contributed by atoms with Crippen molar-refractivity contribution in [1.82, 2.24) is 0 Å². The van der Waals surface area contributed by atoms with E-state index in [0.717, 1.165) is 31.4 Å². The fourth-order valence-corrected chi connectivity index (χ4v) is 1.74. The van der Waals surface area contributed by atoms with Gasteiger partial charge in [-0.1, -0.05) is 12.2 Å². The van der Waals surface area contributed by atoms with Gasteiger partial charge in [0.25, 0.3) is 0 Å². The zero-order valence-corrected chi connectivity index (χ0v) is 8.34. The van der Waals surface area contributed by atoms with Gasteiger partial charge in [0.15, 0.2) is 0 Å². The van der Waals surface area contributed by atoms with Crippen molar-refractivity contribution in [3.8, 4) is 0 Å². The van der Waals surface area contributed by atoms with Crippen molar-refractivity contribution in [2.75, 3.05) is 5.32 Å². The summed E-state index contributed by atoms with van der Waals surface area (Å²) in [6, 6.07) is 3.58. The Balaban J connectivity index is 2.12. The highest BCUT2D eigenvalue weighted by molar-refractivity contribution is 5.46. The molecule has 1 aromatic carbocycles. The molecule has 0 amide bonds. The van der Waals surface area contributed by atoms with E-state index < -0.39 is 11.6 Å². The Morgan fingerprint density at radius 1 is 1.27 bits per heavy atom. The molecular formula is C12H13F2N. The molecule has 0 saturated heterocycles. The number of benzene rings is 1. The van der Waals surface area contributed by atoms with Gasteiger partial charge in [-0.05, 0) is 37.5 Å². The monoisotopic (exact) mass is 209 g/mol. The largest absolute Gasteiger partial charge is 0.376 e. The van der Waals surface area contributed by atoms with Gasteiger partial charge in [0.2, 0.25) is 0 Å². The zero-order chi connectivity index (χ0) is 10.7. The highest BCUT2D eigenvalue weighted by atomic mass is 19.1. The van der Waals surface area contributed by atoms with Gasteiger partial charge in [-0.15, -0.1) is 0 Å². The molecule has 1 aliphatic rings. The molecule has 0 fully saturated rings. The average Bonchev–Trinajstić information content (AvgIpc) is 2.25. The van der Waals surface area contributed by atoms with Crippen LogP contribution in [0.15, 0.2) is 30.4 Å². The van der Waals surface area contributed by atoms with E-state index in [-0.39, 0.29) is 11.7 Å². The number of nitrogens with one attached hydrogen (secondary N) is 1. The first kappa shape index (κ1) is 10.1. The lowest BCUT2D eigenvalue weighted by Gasteiger charge is -2.19. The Morgan fingerprint density at radius 3 is 2.87 bits per heavy atom. The Bertz CT molecular complexity index is 374. The van der Waals surface area contributed by atoms with Crippen LogP contribution in [0.1, 0.15) is 19.3 Å². The third-order valence-electron chi connectivity index (χ3n) is 2.52. The van der Waals surface area contributed by atoms with Crippen LogP contribution in [-0.2, 0) is 0 Å². The maximum absolute atomic E-state index is 13.3. The summed E-state index contributed by atoms with van der Waals surface area (Å²) in [7, 11) is 0. The molecule has 0 bridgehead atoms. The Morgan fingerprint density at radius 2 is 2.13 bits per heavy atom. The highest BCUT2D eigenvalue weighted by Gasteiger charge is 2.10. The van der Waals surface area contributed by atoms with Gasteiger partial charge in [0.05, 0.1) is 5.69 Å². The van der Waals surface area contributed by atoms with Crippen molar-refractivity contribution in [3.05, 3.63) is 42.0 Å². The van der Waals surface area contributed by atoms with Gasteiger partial charge < -0.3 is 5.32 Å². The lowest BCUT2D eigenvalue weighted by Crippen LogP contribution is -2.19. The molecule has 1 aliphatic carbocycles. The van der Waals surface area contributed by atoms with Crippen molar-refractivity contribution in [2.24, 2.45) is 0 Å². The topological polar surface area (TPSA) is 12.0 Å². The van der Waals surface area contributed by atoms with Crippen molar-refractivity contribution >= 4 is 5.69 Å². The van der Waals surface area contributed by atoms with E-state index >= 15 is 0 Å². The van der Waals surface area contributed by atoms with E-state index in [9.17, 15) is 8.78 Å². The maximum Gasteiger partial charge on any atom is 0.146 e. The van der Waals surface area contributed by atoms with Crippen LogP contribution in [0, 0.1) is 11.6 Å². The minimum absolute atomic E-state index is 0.120.